The van der Waals surface area contributed by atoms with Crippen molar-refractivity contribution < 1.29 is 23.5 Å². The SMILES string of the molecule is O=C1Nc2ccc(-c3ccccc3F)cc2C(=O)N2CC[C@H](NC(=O)N3CCOCC3)[C@@H]12. The lowest BCUT2D eigenvalue weighted by Gasteiger charge is -2.30. The summed E-state index contributed by atoms with van der Waals surface area (Å²) in [4.78, 5) is 42.2. The fourth-order valence-electron chi connectivity index (χ4n) is 4.57. The lowest BCUT2D eigenvalue weighted by molar-refractivity contribution is -0.120. The molecule has 0 saturated carbocycles. The van der Waals surface area contributed by atoms with Gasteiger partial charge in [-0.15, -0.1) is 0 Å². The summed E-state index contributed by atoms with van der Waals surface area (Å²) in [7, 11) is 0. The molecule has 2 atom stereocenters. The van der Waals surface area contributed by atoms with Gasteiger partial charge in [0, 0.05) is 25.2 Å². The Hall–Kier alpha value is -3.46. The van der Waals surface area contributed by atoms with Crippen LogP contribution in [0, 0.1) is 5.82 Å². The molecule has 3 heterocycles. The second-order valence-corrected chi connectivity index (χ2v) is 8.12. The van der Waals surface area contributed by atoms with E-state index in [1.54, 1.807) is 41.3 Å². The molecule has 8 nitrogen and oxygen atoms in total. The van der Waals surface area contributed by atoms with Crippen LogP contribution in [0.15, 0.2) is 42.5 Å². The van der Waals surface area contributed by atoms with E-state index in [-0.39, 0.29) is 23.7 Å². The molecule has 2 saturated heterocycles. The highest BCUT2D eigenvalue weighted by atomic mass is 19.1. The molecule has 0 unspecified atom stereocenters. The summed E-state index contributed by atoms with van der Waals surface area (Å²) in [6.07, 6.45) is 0.474. The van der Waals surface area contributed by atoms with Gasteiger partial charge in [-0.3, -0.25) is 9.59 Å². The van der Waals surface area contributed by atoms with E-state index in [0.29, 0.717) is 61.6 Å². The Labute approximate surface area is 184 Å². The maximum absolute atomic E-state index is 14.3. The molecule has 0 aliphatic carbocycles. The Morgan fingerprint density at radius 1 is 1.06 bits per heavy atom. The van der Waals surface area contributed by atoms with E-state index in [9.17, 15) is 18.8 Å². The van der Waals surface area contributed by atoms with E-state index in [0.717, 1.165) is 0 Å². The van der Waals surface area contributed by atoms with Crippen molar-refractivity contribution in [3.8, 4) is 11.1 Å². The Balaban J connectivity index is 1.40. The van der Waals surface area contributed by atoms with Crippen LogP contribution < -0.4 is 10.6 Å². The van der Waals surface area contributed by atoms with Crippen LogP contribution in [0.25, 0.3) is 11.1 Å². The van der Waals surface area contributed by atoms with Crippen molar-refractivity contribution in [2.75, 3.05) is 38.2 Å². The van der Waals surface area contributed by atoms with Gasteiger partial charge in [0.2, 0.25) is 5.91 Å². The van der Waals surface area contributed by atoms with Crippen molar-refractivity contribution in [3.63, 3.8) is 0 Å². The molecule has 0 aromatic heterocycles. The molecule has 0 bridgehead atoms. The van der Waals surface area contributed by atoms with Gasteiger partial charge in [-0.25, -0.2) is 9.18 Å². The number of hydrogen-bond donors (Lipinski definition) is 2. The van der Waals surface area contributed by atoms with Crippen molar-refractivity contribution in [1.82, 2.24) is 15.1 Å². The number of nitrogens with zero attached hydrogens (tertiary/aromatic N) is 2. The van der Waals surface area contributed by atoms with Crippen LogP contribution >= 0.6 is 0 Å². The van der Waals surface area contributed by atoms with Crippen molar-refractivity contribution in [3.05, 3.63) is 53.8 Å². The summed E-state index contributed by atoms with van der Waals surface area (Å²) in [5.74, 6) is -1.05. The maximum atomic E-state index is 14.3. The summed E-state index contributed by atoms with van der Waals surface area (Å²) in [6, 6.07) is 9.69. The van der Waals surface area contributed by atoms with E-state index in [2.05, 4.69) is 10.6 Å². The third-order valence-electron chi connectivity index (χ3n) is 6.23. The van der Waals surface area contributed by atoms with E-state index >= 15 is 0 Å². The van der Waals surface area contributed by atoms with Crippen molar-refractivity contribution in [2.45, 2.75) is 18.5 Å². The number of benzene rings is 2. The lowest BCUT2D eigenvalue weighted by Crippen LogP contribution is -2.55. The maximum Gasteiger partial charge on any atom is 0.317 e. The molecule has 4 amide bonds. The molecule has 166 valence electrons. The normalized spacial score (nSPS) is 22.7. The van der Waals surface area contributed by atoms with E-state index in [1.807, 2.05) is 0 Å². The minimum Gasteiger partial charge on any atom is -0.378 e. The number of halogens is 1. The predicted molar refractivity (Wildman–Crippen MR) is 115 cm³/mol. The summed E-state index contributed by atoms with van der Waals surface area (Å²) in [6.45, 7) is 2.28. The number of ether oxygens (including phenoxy) is 1. The van der Waals surface area contributed by atoms with Crippen LogP contribution in [0.4, 0.5) is 14.9 Å². The topological polar surface area (TPSA) is 91.0 Å². The van der Waals surface area contributed by atoms with Crippen LogP contribution in [-0.4, -0.2) is 72.6 Å². The summed E-state index contributed by atoms with van der Waals surface area (Å²) in [5, 5.41) is 5.75. The van der Waals surface area contributed by atoms with Gasteiger partial charge in [0.15, 0.2) is 0 Å². The zero-order valence-corrected chi connectivity index (χ0v) is 17.3. The number of anilines is 1. The lowest BCUT2D eigenvalue weighted by atomic mass is 10.0. The number of amides is 4. The average Bonchev–Trinajstić information content (AvgIpc) is 3.19. The first-order valence-corrected chi connectivity index (χ1v) is 10.7. The van der Waals surface area contributed by atoms with Crippen LogP contribution in [0.1, 0.15) is 16.8 Å². The molecule has 3 aliphatic rings. The molecule has 9 heteroatoms. The van der Waals surface area contributed by atoms with Crippen LogP contribution in [0.2, 0.25) is 0 Å². The van der Waals surface area contributed by atoms with Gasteiger partial charge in [0.25, 0.3) is 5.91 Å². The van der Waals surface area contributed by atoms with E-state index in [1.165, 1.54) is 11.0 Å². The number of carbonyl (C=O) groups is 3. The zero-order valence-electron chi connectivity index (χ0n) is 17.3. The van der Waals surface area contributed by atoms with Gasteiger partial charge in [0.05, 0.1) is 30.5 Å². The van der Waals surface area contributed by atoms with Gasteiger partial charge in [-0.1, -0.05) is 24.3 Å². The first-order valence-electron chi connectivity index (χ1n) is 10.7. The predicted octanol–water partition coefficient (Wildman–Crippen LogP) is 2.07. The Morgan fingerprint density at radius 2 is 1.84 bits per heavy atom. The number of hydrogen-bond acceptors (Lipinski definition) is 4. The van der Waals surface area contributed by atoms with Crippen LogP contribution in [-0.2, 0) is 9.53 Å². The molecular formula is C23H23FN4O4. The van der Waals surface area contributed by atoms with E-state index < -0.39 is 12.1 Å². The van der Waals surface area contributed by atoms with Gasteiger partial charge < -0.3 is 25.2 Å². The number of nitrogens with one attached hydrogen (secondary N) is 2. The standard InChI is InChI=1S/C23H23FN4O4/c24-17-4-2-1-3-15(17)14-5-6-18-16(13-14)22(30)28-8-7-19(20(28)21(29)25-18)26-23(31)27-9-11-32-12-10-27/h1-6,13,19-20H,7-12H2,(H,25,29)(H,26,31)/t19-,20-/m0/s1. The summed E-state index contributed by atoms with van der Waals surface area (Å²) < 4.78 is 19.5. The fraction of sp³-hybridized carbons (Fsp3) is 0.348. The molecule has 2 fully saturated rings. The molecule has 3 aliphatic heterocycles. The fourth-order valence-corrected chi connectivity index (χ4v) is 4.57. The molecule has 32 heavy (non-hydrogen) atoms. The molecule has 5 rings (SSSR count). The average molecular weight is 438 g/mol. The van der Waals surface area contributed by atoms with Crippen molar-refractivity contribution in [1.29, 1.82) is 0 Å². The number of fused-ring (bicyclic) bond motifs is 2. The minimum absolute atomic E-state index is 0.260. The third kappa shape index (κ3) is 3.58. The smallest absolute Gasteiger partial charge is 0.317 e. The van der Waals surface area contributed by atoms with Crippen molar-refractivity contribution >= 4 is 23.5 Å². The highest BCUT2D eigenvalue weighted by Crippen LogP contribution is 2.33. The minimum atomic E-state index is -0.809. The quantitative estimate of drug-likeness (QED) is 0.751. The van der Waals surface area contributed by atoms with Gasteiger partial charge >= 0.3 is 6.03 Å². The Bertz CT molecular complexity index is 1090. The molecule has 2 aromatic carbocycles. The zero-order chi connectivity index (χ0) is 22.2. The molecule has 2 N–H and O–H groups in total. The first kappa shape index (κ1) is 20.4. The van der Waals surface area contributed by atoms with Crippen LogP contribution in [0.5, 0.6) is 0 Å². The van der Waals surface area contributed by atoms with Crippen LogP contribution in [0.3, 0.4) is 0 Å². The van der Waals surface area contributed by atoms with Gasteiger partial charge in [0.1, 0.15) is 11.9 Å². The Kier molecular flexibility index (Phi) is 5.26. The number of urea groups is 1. The molecular weight excluding hydrogens is 415 g/mol. The Morgan fingerprint density at radius 3 is 2.62 bits per heavy atom. The monoisotopic (exact) mass is 438 g/mol. The summed E-state index contributed by atoms with van der Waals surface area (Å²) >= 11 is 0. The third-order valence-corrected chi connectivity index (χ3v) is 6.23. The second kappa shape index (κ2) is 8.23. The number of morpholine rings is 1. The van der Waals surface area contributed by atoms with E-state index in [4.69, 9.17) is 4.74 Å². The highest BCUT2D eigenvalue weighted by Gasteiger charge is 2.45. The molecule has 0 spiro atoms. The van der Waals surface area contributed by atoms with Crippen molar-refractivity contribution in [2.24, 2.45) is 0 Å². The van der Waals surface area contributed by atoms with Gasteiger partial charge in [-0.2, -0.15) is 0 Å². The number of rotatable bonds is 2. The highest BCUT2D eigenvalue weighted by molar-refractivity contribution is 6.11. The summed E-state index contributed by atoms with van der Waals surface area (Å²) in [5.41, 5.74) is 1.63. The first-order chi connectivity index (χ1) is 15.5. The van der Waals surface area contributed by atoms with Gasteiger partial charge in [-0.05, 0) is 30.2 Å². The second-order valence-electron chi connectivity index (χ2n) is 8.12. The molecule has 2 aromatic rings. The number of carbonyl (C=O) groups excluding carboxylic acids is 3. The molecule has 0 radical (unpaired) electrons. The largest absolute Gasteiger partial charge is 0.378 e.